The number of carbonyl (C=O) groups is 3. The van der Waals surface area contributed by atoms with E-state index in [0.717, 1.165) is 22.3 Å². The van der Waals surface area contributed by atoms with Gasteiger partial charge in [-0.15, -0.1) is 0 Å². The molecule has 34 heavy (non-hydrogen) atoms. The molecule has 0 bridgehead atoms. The van der Waals surface area contributed by atoms with Crippen molar-refractivity contribution in [2.24, 2.45) is 11.8 Å². The van der Waals surface area contributed by atoms with Gasteiger partial charge in [0.25, 0.3) is 5.91 Å². The van der Waals surface area contributed by atoms with E-state index in [1.165, 1.54) is 0 Å². The van der Waals surface area contributed by atoms with E-state index in [1.807, 2.05) is 48.5 Å². The molecule has 10 heteroatoms. The van der Waals surface area contributed by atoms with Crippen molar-refractivity contribution in [2.75, 3.05) is 18.5 Å². The smallest absolute Gasteiger partial charge is 0.412 e. The Balaban J connectivity index is 1.38. The normalized spacial score (nSPS) is 13.1. The number of carboxylic acid groups (broad SMARTS) is 1. The number of ether oxygens (including phenoxy) is 1. The Morgan fingerprint density at radius 1 is 1.03 bits per heavy atom. The fraction of sp³-hybridized carbons (Fsp3) is 0.292. The minimum absolute atomic E-state index is 0.0847. The molecule has 1 aliphatic rings. The molecule has 1 aliphatic carbocycles. The van der Waals surface area contributed by atoms with Crippen molar-refractivity contribution in [1.29, 1.82) is 0 Å². The van der Waals surface area contributed by atoms with Gasteiger partial charge in [-0.1, -0.05) is 62.4 Å². The van der Waals surface area contributed by atoms with Crippen LogP contribution in [-0.2, 0) is 9.53 Å². The fourth-order valence-electron chi connectivity index (χ4n) is 4.05. The molecule has 1 aromatic heterocycles. The molecule has 2 amide bonds. The zero-order chi connectivity index (χ0) is 24.2. The van der Waals surface area contributed by atoms with Gasteiger partial charge < -0.3 is 15.2 Å². The number of rotatable bonds is 8. The molecule has 0 radical (unpaired) electrons. The number of aliphatic carboxylic acids is 1. The SMILES string of the molecule is CC(C)C(CNC(=O)c1nonc1NC(=O)OCC1c2ccccc2-c2ccccc21)C(=O)O. The van der Waals surface area contributed by atoms with Gasteiger partial charge in [-0.2, -0.15) is 0 Å². The van der Waals surface area contributed by atoms with Crippen molar-refractivity contribution >= 4 is 23.8 Å². The number of hydrogen-bond acceptors (Lipinski definition) is 7. The van der Waals surface area contributed by atoms with E-state index >= 15 is 0 Å². The molecule has 0 spiro atoms. The van der Waals surface area contributed by atoms with Gasteiger partial charge in [-0.05, 0) is 38.5 Å². The second-order valence-corrected chi connectivity index (χ2v) is 8.31. The van der Waals surface area contributed by atoms with Crippen LogP contribution >= 0.6 is 0 Å². The van der Waals surface area contributed by atoms with Gasteiger partial charge in [0, 0.05) is 12.5 Å². The van der Waals surface area contributed by atoms with Crippen LogP contribution in [0.2, 0.25) is 0 Å². The highest BCUT2D eigenvalue weighted by atomic mass is 16.6. The van der Waals surface area contributed by atoms with Gasteiger partial charge in [0.2, 0.25) is 11.5 Å². The number of nitrogens with one attached hydrogen (secondary N) is 2. The van der Waals surface area contributed by atoms with Crippen LogP contribution in [0.4, 0.5) is 10.6 Å². The number of aromatic nitrogens is 2. The van der Waals surface area contributed by atoms with Gasteiger partial charge in [0.15, 0.2) is 0 Å². The predicted octanol–water partition coefficient (Wildman–Crippen LogP) is 3.52. The molecule has 3 aromatic rings. The monoisotopic (exact) mass is 464 g/mol. The maximum absolute atomic E-state index is 12.5. The molecular formula is C24H24N4O6. The summed E-state index contributed by atoms with van der Waals surface area (Å²) in [6.07, 6.45) is -0.822. The molecule has 2 aromatic carbocycles. The van der Waals surface area contributed by atoms with Crippen molar-refractivity contribution in [3.05, 3.63) is 65.4 Å². The van der Waals surface area contributed by atoms with E-state index in [4.69, 9.17) is 4.74 Å². The largest absolute Gasteiger partial charge is 0.481 e. The second kappa shape index (κ2) is 9.74. The van der Waals surface area contributed by atoms with E-state index in [1.54, 1.807) is 13.8 Å². The van der Waals surface area contributed by atoms with Crippen LogP contribution in [0.1, 0.15) is 41.4 Å². The average Bonchev–Trinajstić information content (AvgIpc) is 3.40. The zero-order valence-corrected chi connectivity index (χ0v) is 18.6. The van der Waals surface area contributed by atoms with Crippen LogP contribution in [0.5, 0.6) is 0 Å². The first kappa shape index (κ1) is 23.0. The summed E-state index contributed by atoms with van der Waals surface area (Å²) in [6.45, 7) is 3.46. The summed E-state index contributed by atoms with van der Waals surface area (Å²) in [7, 11) is 0. The van der Waals surface area contributed by atoms with Crippen molar-refractivity contribution < 1.29 is 28.9 Å². The van der Waals surface area contributed by atoms with Crippen molar-refractivity contribution in [3.63, 3.8) is 0 Å². The third kappa shape index (κ3) is 4.61. The van der Waals surface area contributed by atoms with E-state index in [0.29, 0.717) is 0 Å². The molecule has 176 valence electrons. The highest BCUT2D eigenvalue weighted by molar-refractivity contribution is 5.99. The molecule has 0 saturated carbocycles. The van der Waals surface area contributed by atoms with Gasteiger partial charge in [0.05, 0.1) is 5.92 Å². The Morgan fingerprint density at radius 3 is 2.24 bits per heavy atom. The molecule has 0 aliphatic heterocycles. The van der Waals surface area contributed by atoms with Gasteiger partial charge in [-0.25, -0.2) is 9.42 Å². The summed E-state index contributed by atoms with van der Waals surface area (Å²) in [5.74, 6) is -3.05. The number of anilines is 1. The first-order valence-electron chi connectivity index (χ1n) is 10.8. The molecule has 1 atom stereocenters. The summed E-state index contributed by atoms with van der Waals surface area (Å²) in [6, 6.07) is 15.9. The lowest BCUT2D eigenvalue weighted by molar-refractivity contribution is -0.142. The number of carboxylic acids is 1. The Hall–Kier alpha value is -4.21. The minimum atomic E-state index is -1.02. The van der Waals surface area contributed by atoms with E-state index in [2.05, 4.69) is 25.6 Å². The van der Waals surface area contributed by atoms with Gasteiger partial charge in [0.1, 0.15) is 6.61 Å². The quantitative estimate of drug-likeness (QED) is 0.459. The van der Waals surface area contributed by atoms with Crippen LogP contribution in [0.25, 0.3) is 11.1 Å². The maximum atomic E-state index is 12.5. The predicted molar refractivity (Wildman–Crippen MR) is 121 cm³/mol. The summed E-state index contributed by atoms with van der Waals surface area (Å²) in [5, 5.41) is 21.2. The lowest BCUT2D eigenvalue weighted by Gasteiger charge is -2.16. The number of carbonyl (C=O) groups excluding carboxylic acids is 2. The lowest BCUT2D eigenvalue weighted by atomic mass is 9.96. The third-order valence-electron chi connectivity index (χ3n) is 5.87. The fourth-order valence-corrected chi connectivity index (χ4v) is 4.05. The summed E-state index contributed by atoms with van der Waals surface area (Å²) < 4.78 is 10.0. The number of benzene rings is 2. The molecule has 1 heterocycles. The van der Waals surface area contributed by atoms with Crippen LogP contribution in [0, 0.1) is 11.8 Å². The Labute approximate surface area is 195 Å². The van der Waals surface area contributed by atoms with E-state index in [-0.39, 0.29) is 36.5 Å². The Kier molecular flexibility index (Phi) is 6.58. The molecule has 0 fully saturated rings. The number of nitrogens with zero attached hydrogens (tertiary/aromatic N) is 2. The van der Waals surface area contributed by atoms with Gasteiger partial charge >= 0.3 is 12.1 Å². The van der Waals surface area contributed by atoms with E-state index < -0.39 is 23.9 Å². The molecule has 1 unspecified atom stereocenters. The zero-order valence-electron chi connectivity index (χ0n) is 18.6. The average molecular weight is 464 g/mol. The Morgan fingerprint density at radius 2 is 1.65 bits per heavy atom. The summed E-state index contributed by atoms with van der Waals surface area (Å²) in [5.41, 5.74) is 4.07. The van der Waals surface area contributed by atoms with Crippen LogP contribution in [0.3, 0.4) is 0 Å². The minimum Gasteiger partial charge on any atom is -0.481 e. The number of fused-ring (bicyclic) bond motifs is 3. The maximum Gasteiger partial charge on any atom is 0.412 e. The van der Waals surface area contributed by atoms with Crippen molar-refractivity contribution in [2.45, 2.75) is 19.8 Å². The van der Waals surface area contributed by atoms with Gasteiger partial charge in [-0.3, -0.25) is 14.9 Å². The van der Waals surface area contributed by atoms with Crippen LogP contribution in [-0.4, -0.2) is 46.5 Å². The Bertz CT molecular complexity index is 1180. The standard InChI is InChI=1S/C24H24N4O6/c1-13(2)18(23(30)31)11-25-22(29)20-21(28-34-27-20)26-24(32)33-12-19-16-9-5-3-7-14(16)15-8-4-6-10-17(15)19/h3-10,13,18-19H,11-12H2,1-2H3,(H,25,29)(H,30,31)(H,26,28,32). The van der Waals surface area contributed by atoms with Crippen LogP contribution < -0.4 is 10.6 Å². The van der Waals surface area contributed by atoms with E-state index in [9.17, 15) is 19.5 Å². The first-order valence-corrected chi connectivity index (χ1v) is 10.8. The molecule has 3 N–H and O–H groups in total. The number of hydrogen-bond donors (Lipinski definition) is 3. The highest BCUT2D eigenvalue weighted by Gasteiger charge is 2.30. The third-order valence-corrected chi connectivity index (χ3v) is 5.87. The first-order chi connectivity index (χ1) is 16.4. The number of amides is 2. The second-order valence-electron chi connectivity index (χ2n) is 8.31. The molecule has 4 rings (SSSR count). The molecule has 10 nitrogen and oxygen atoms in total. The molecular weight excluding hydrogens is 440 g/mol. The van der Waals surface area contributed by atoms with Crippen LogP contribution in [0.15, 0.2) is 53.2 Å². The van der Waals surface area contributed by atoms with Crippen molar-refractivity contribution in [3.8, 4) is 11.1 Å². The topological polar surface area (TPSA) is 144 Å². The summed E-state index contributed by atoms with van der Waals surface area (Å²) in [4.78, 5) is 36.2. The highest BCUT2D eigenvalue weighted by Crippen LogP contribution is 2.44. The van der Waals surface area contributed by atoms with Crippen molar-refractivity contribution in [1.82, 2.24) is 15.6 Å². The lowest BCUT2D eigenvalue weighted by Crippen LogP contribution is -2.36. The summed E-state index contributed by atoms with van der Waals surface area (Å²) >= 11 is 0. The molecule has 0 saturated heterocycles.